The molecule has 0 fully saturated rings. The zero-order chi connectivity index (χ0) is 19.1. The van der Waals surface area contributed by atoms with Gasteiger partial charge in [-0.25, -0.2) is 14.8 Å². The number of hydrogen-bond acceptors (Lipinski definition) is 8. The van der Waals surface area contributed by atoms with Crippen LogP contribution >= 0.6 is 11.6 Å². The van der Waals surface area contributed by atoms with Crippen LogP contribution in [0.1, 0.15) is 23.0 Å². The topological polar surface area (TPSA) is 91.8 Å². The van der Waals surface area contributed by atoms with Crippen molar-refractivity contribution in [1.82, 2.24) is 9.97 Å². The van der Waals surface area contributed by atoms with Crippen molar-refractivity contribution in [2.75, 3.05) is 33.3 Å². The van der Waals surface area contributed by atoms with E-state index in [1.165, 1.54) is 6.33 Å². The van der Waals surface area contributed by atoms with Gasteiger partial charge in [0.05, 0.1) is 33.5 Å². The second kappa shape index (κ2) is 9.10. The summed E-state index contributed by atoms with van der Waals surface area (Å²) in [6.07, 6.45) is 1.24. The van der Waals surface area contributed by atoms with Gasteiger partial charge in [-0.05, 0) is 6.92 Å². The number of nitrogens with one attached hydrogen (secondary N) is 1. The van der Waals surface area contributed by atoms with Gasteiger partial charge in [0.15, 0.2) is 5.69 Å². The number of rotatable bonds is 8. The van der Waals surface area contributed by atoms with Gasteiger partial charge in [0.2, 0.25) is 0 Å². The number of aromatic nitrogens is 2. The van der Waals surface area contributed by atoms with Gasteiger partial charge in [-0.3, -0.25) is 0 Å². The molecule has 0 spiro atoms. The molecule has 1 N–H and O–H groups in total. The predicted molar refractivity (Wildman–Crippen MR) is 96.4 cm³/mol. The van der Waals surface area contributed by atoms with Crippen LogP contribution in [0.5, 0.6) is 17.2 Å². The van der Waals surface area contributed by atoms with Crippen LogP contribution in [0, 0.1) is 0 Å². The standard InChI is InChI=1S/C17H20ClN3O5/c1-5-26-17(22)15-14(18)16(21-9-20-15)19-8-11-12(24-3)6-10(23-2)7-13(11)25-4/h6-7,9H,5,8H2,1-4H3,(H,19,20,21). The van der Waals surface area contributed by atoms with Gasteiger partial charge in [-0.15, -0.1) is 0 Å². The molecule has 140 valence electrons. The molecule has 0 aliphatic heterocycles. The number of hydrogen-bond donors (Lipinski definition) is 1. The lowest BCUT2D eigenvalue weighted by atomic mass is 10.1. The highest BCUT2D eigenvalue weighted by molar-refractivity contribution is 6.35. The van der Waals surface area contributed by atoms with E-state index in [-0.39, 0.29) is 23.9 Å². The Morgan fingerprint density at radius 3 is 2.31 bits per heavy atom. The van der Waals surface area contributed by atoms with E-state index in [4.69, 9.17) is 30.5 Å². The normalized spacial score (nSPS) is 10.2. The second-order valence-corrected chi connectivity index (χ2v) is 5.35. The molecule has 1 heterocycles. The minimum Gasteiger partial charge on any atom is -0.496 e. The molecule has 0 radical (unpaired) electrons. The van der Waals surface area contributed by atoms with E-state index in [2.05, 4.69) is 15.3 Å². The van der Waals surface area contributed by atoms with Crippen LogP contribution < -0.4 is 19.5 Å². The van der Waals surface area contributed by atoms with Crippen LogP contribution in [0.4, 0.5) is 5.82 Å². The van der Waals surface area contributed by atoms with Crippen molar-refractivity contribution < 1.29 is 23.7 Å². The Hall–Kier alpha value is -2.74. The summed E-state index contributed by atoms with van der Waals surface area (Å²) in [5.41, 5.74) is 0.739. The first-order chi connectivity index (χ1) is 12.5. The number of halogens is 1. The maximum Gasteiger partial charge on any atom is 0.358 e. The summed E-state index contributed by atoms with van der Waals surface area (Å²) < 4.78 is 21.0. The third kappa shape index (κ3) is 4.26. The molecule has 0 saturated carbocycles. The number of carbonyl (C=O) groups excluding carboxylic acids is 1. The Labute approximate surface area is 156 Å². The Balaban J connectivity index is 2.29. The quantitative estimate of drug-likeness (QED) is 0.698. The lowest BCUT2D eigenvalue weighted by Crippen LogP contribution is -2.11. The molecule has 0 unspecified atom stereocenters. The molecule has 0 saturated heterocycles. The molecule has 1 aromatic carbocycles. The van der Waals surface area contributed by atoms with E-state index in [9.17, 15) is 4.79 Å². The van der Waals surface area contributed by atoms with Crippen LogP contribution in [-0.4, -0.2) is 43.9 Å². The number of nitrogens with zero attached hydrogens (tertiary/aromatic N) is 2. The number of benzene rings is 1. The number of anilines is 1. The van der Waals surface area contributed by atoms with E-state index in [1.807, 2.05) is 0 Å². The SMILES string of the molecule is CCOC(=O)c1ncnc(NCc2c(OC)cc(OC)cc2OC)c1Cl. The van der Waals surface area contributed by atoms with Gasteiger partial charge in [-0.2, -0.15) is 0 Å². The molecular formula is C17H20ClN3O5. The lowest BCUT2D eigenvalue weighted by Gasteiger charge is -2.16. The summed E-state index contributed by atoms with van der Waals surface area (Å²) in [4.78, 5) is 19.8. The fourth-order valence-corrected chi connectivity index (χ4v) is 2.50. The molecule has 0 aliphatic rings. The third-order valence-corrected chi connectivity index (χ3v) is 3.87. The van der Waals surface area contributed by atoms with E-state index >= 15 is 0 Å². The largest absolute Gasteiger partial charge is 0.496 e. The van der Waals surface area contributed by atoms with Crippen molar-refractivity contribution in [3.8, 4) is 17.2 Å². The van der Waals surface area contributed by atoms with Crippen LogP contribution in [0.25, 0.3) is 0 Å². The molecular weight excluding hydrogens is 362 g/mol. The molecule has 0 aliphatic carbocycles. The van der Waals surface area contributed by atoms with Crippen LogP contribution in [0.3, 0.4) is 0 Å². The highest BCUT2D eigenvalue weighted by Crippen LogP contribution is 2.35. The fraction of sp³-hybridized carbons (Fsp3) is 0.353. The van der Waals surface area contributed by atoms with Gasteiger partial charge in [-0.1, -0.05) is 11.6 Å². The molecule has 0 amide bonds. The molecule has 9 heteroatoms. The van der Waals surface area contributed by atoms with E-state index in [1.54, 1.807) is 40.4 Å². The lowest BCUT2D eigenvalue weighted by molar-refractivity contribution is 0.0519. The Kier molecular flexibility index (Phi) is 6.85. The highest BCUT2D eigenvalue weighted by atomic mass is 35.5. The summed E-state index contributed by atoms with van der Waals surface area (Å²) in [6, 6.07) is 3.48. The van der Waals surface area contributed by atoms with Gasteiger partial charge >= 0.3 is 5.97 Å². The van der Waals surface area contributed by atoms with Gasteiger partial charge in [0.1, 0.15) is 34.4 Å². The van der Waals surface area contributed by atoms with Crippen molar-refractivity contribution in [2.45, 2.75) is 13.5 Å². The van der Waals surface area contributed by atoms with Gasteiger partial charge < -0.3 is 24.3 Å². The first-order valence-electron chi connectivity index (χ1n) is 7.76. The zero-order valence-corrected chi connectivity index (χ0v) is 15.7. The van der Waals surface area contributed by atoms with Crippen LogP contribution in [0.15, 0.2) is 18.5 Å². The van der Waals surface area contributed by atoms with Crippen molar-refractivity contribution >= 4 is 23.4 Å². The first kappa shape index (κ1) is 19.6. The van der Waals surface area contributed by atoms with Crippen molar-refractivity contribution in [1.29, 1.82) is 0 Å². The fourth-order valence-electron chi connectivity index (χ4n) is 2.26. The van der Waals surface area contributed by atoms with E-state index < -0.39 is 5.97 Å². The number of ether oxygens (including phenoxy) is 4. The number of methoxy groups -OCH3 is 3. The van der Waals surface area contributed by atoms with Crippen molar-refractivity contribution in [3.05, 3.63) is 34.7 Å². The predicted octanol–water partition coefficient (Wildman–Crippen LogP) is 2.94. The summed E-state index contributed by atoms with van der Waals surface area (Å²) in [7, 11) is 4.66. The first-order valence-corrected chi connectivity index (χ1v) is 8.13. The molecule has 8 nitrogen and oxygen atoms in total. The van der Waals surface area contributed by atoms with E-state index in [0.717, 1.165) is 5.56 Å². The summed E-state index contributed by atoms with van der Waals surface area (Å²) in [5.74, 6) is 1.44. The average Bonchev–Trinajstić information content (AvgIpc) is 2.66. The molecule has 2 rings (SSSR count). The Bertz CT molecular complexity index is 760. The number of carbonyl (C=O) groups is 1. The van der Waals surface area contributed by atoms with E-state index in [0.29, 0.717) is 23.1 Å². The smallest absolute Gasteiger partial charge is 0.358 e. The molecule has 0 bridgehead atoms. The van der Waals surface area contributed by atoms with Gasteiger partial charge in [0.25, 0.3) is 0 Å². The second-order valence-electron chi connectivity index (χ2n) is 4.97. The molecule has 2 aromatic rings. The summed E-state index contributed by atoms with van der Waals surface area (Å²) in [6.45, 7) is 2.21. The maximum atomic E-state index is 11.9. The monoisotopic (exact) mass is 381 g/mol. The average molecular weight is 382 g/mol. The van der Waals surface area contributed by atoms with Crippen molar-refractivity contribution in [2.24, 2.45) is 0 Å². The maximum absolute atomic E-state index is 11.9. The number of esters is 1. The Morgan fingerprint density at radius 1 is 1.12 bits per heavy atom. The molecule has 1 aromatic heterocycles. The molecule has 26 heavy (non-hydrogen) atoms. The third-order valence-electron chi connectivity index (χ3n) is 3.51. The minimum absolute atomic E-state index is 0.000299. The van der Waals surface area contributed by atoms with Crippen molar-refractivity contribution in [3.63, 3.8) is 0 Å². The minimum atomic E-state index is -0.609. The summed E-state index contributed by atoms with van der Waals surface area (Å²) in [5, 5.41) is 3.14. The van der Waals surface area contributed by atoms with Crippen LogP contribution in [0.2, 0.25) is 5.02 Å². The van der Waals surface area contributed by atoms with Gasteiger partial charge in [0, 0.05) is 18.7 Å². The highest BCUT2D eigenvalue weighted by Gasteiger charge is 2.19. The van der Waals surface area contributed by atoms with Crippen LogP contribution in [-0.2, 0) is 11.3 Å². The zero-order valence-electron chi connectivity index (χ0n) is 15.0. The molecule has 0 atom stereocenters. The summed E-state index contributed by atoms with van der Waals surface area (Å²) >= 11 is 6.23. The Morgan fingerprint density at radius 2 is 1.77 bits per heavy atom.